The van der Waals surface area contributed by atoms with Crippen LogP contribution in [0, 0.1) is 6.92 Å². The lowest BCUT2D eigenvalue weighted by Crippen LogP contribution is -2.39. The molecule has 4 heterocycles. The molecule has 3 aromatic rings. The molecule has 1 N–H and O–H groups in total. The van der Waals surface area contributed by atoms with Gasteiger partial charge in [0, 0.05) is 29.4 Å². The zero-order chi connectivity index (χ0) is 16.8. The van der Waals surface area contributed by atoms with Crippen LogP contribution in [0.2, 0.25) is 0 Å². The fourth-order valence-corrected chi connectivity index (χ4v) is 5.97. The third kappa shape index (κ3) is 2.79. The molecule has 1 fully saturated rings. The van der Waals surface area contributed by atoms with Gasteiger partial charge < -0.3 is 10.2 Å². The third-order valence-electron chi connectivity index (χ3n) is 5.22. The van der Waals surface area contributed by atoms with E-state index in [2.05, 4.69) is 30.5 Å². The maximum atomic E-state index is 4.68. The summed E-state index contributed by atoms with van der Waals surface area (Å²) >= 11 is 3.57. The molecule has 0 atom stereocenters. The quantitative estimate of drug-likeness (QED) is 0.753. The first kappa shape index (κ1) is 15.5. The number of thiophene rings is 1. The molecule has 0 aromatic carbocycles. The summed E-state index contributed by atoms with van der Waals surface area (Å²) in [6.45, 7) is 4.13. The van der Waals surface area contributed by atoms with Gasteiger partial charge in [-0.15, -0.1) is 22.7 Å². The molecular formula is C18H21N5S2. The SMILES string of the molecule is Cc1csc(NC2CCN(c3ncnc4sc5c(c34)CCC5)CC2)n1. The largest absolute Gasteiger partial charge is 0.359 e. The number of nitrogens with zero attached hydrogens (tertiary/aromatic N) is 4. The number of hydrogen-bond acceptors (Lipinski definition) is 7. The summed E-state index contributed by atoms with van der Waals surface area (Å²) in [5, 5.41) is 8.09. The Morgan fingerprint density at radius 3 is 2.88 bits per heavy atom. The van der Waals surface area contributed by atoms with E-state index in [0.717, 1.165) is 42.6 Å². The van der Waals surface area contributed by atoms with E-state index in [9.17, 15) is 0 Å². The first-order valence-electron chi connectivity index (χ1n) is 8.97. The Hall–Kier alpha value is -1.73. The first-order valence-corrected chi connectivity index (χ1v) is 10.7. The van der Waals surface area contributed by atoms with Gasteiger partial charge in [0.05, 0.1) is 11.1 Å². The van der Waals surface area contributed by atoms with Crippen LogP contribution in [0.15, 0.2) is 11.7 Å². The zero-order valence-corrected chi connectivity index (χ0v) is 15.9. The minimum atomic E-state index is 0.507. The van der Waals surface area contributed by atoms with Gasteiger partial charge in [-0.3, -0.25) is 0 Å². The minimum Gasteiger partial charge on any atom is -0.359 e. The number of anilines is 2. The van der Waals surface area contributed by atoms with Crippen molar-refractivity contribution in [2.24, 2.45) is 0 Å². The summed E-state index contributed by atoms with van der Waals surface area (Å²) in [6.07, 6.45) is 7.68. The fourth-order valence-electron chi connectivity index (χ4n) is 3.98. The molecule has 1 saturated heterocycles. The molecule has 5 nitrogen and oxygen atoms in total. The lowest BCUT2D eigenvalue weighted by molar-refractivity contribution is 0.524. The highest BCUT2D eigenvalue weighted by atomic mass is 32.1. The molecule has 130 valence electrons. The number of rotatable bonds is 3. The van der Waals surface area contributed by atoms with Crippen molar-refractivity contribution < 1.29 is 0 Å². The highest BCUT2D eigenvalue weighted by Crippen LogP contribution is 2.40. The molecule has 0 bridgehead atoms. The summed E-state index contributed by atoms with van der Waals surface area (Å²) in [5.74, 6) is 1.16. The van der Waals surface area contributed by atoms with Gasteiger partial charge in [0.15, 0.2) is 5.13 Å². The Morgan fingerprint density at radius 1 is 1.20 bits per heavy atom. The van der Waals surface area contributed by atoms with Gasteiger partial charge in [0.2, 0.25) is 0 Å². The number of aryl methyl sites for hydroxylation is 3. The van der Waals surface area contributed by atoms with Crippen LogP contribution in [0.5, 0.6) is 0 Å². The molecule has 2 aliphatic rings. The first-order chi connectivity index (χ1) is 12.3. The molecule has 3 aromatic heterocycles. The van der Waals surface area contributed by atoms with Crippen LogP contribution in [-0.2, 0) is 12.8 Å². The van der Waals surface area contributed by atoms with Crippen LogP contribution < -0.4 is 10.2 Å². The molecule has 0 saturated carbocycles. The summed E-state index contributed by atoms with van der Waals surface area (Å²) < 4.78 is 0. The maximum Gasteiger partial charge on any atom is 0.183 e. The van der Waals surface area contributed by atoms with Crippen LogP contribution >= 0.6 is 22.7 Å². The van der Waals surface area contributed by atoms with E-state index in [1.165, 1.54) is 39.9 Å². The summed E-state index contributed by atoms with van der Waals surface area (Å²) in [5.41, 5.74) is 2.62. The summed E-state index contributed by atoms with van der Waals surface area (Å²) in [7, 11) is 0. The highest BCUT2D eigenvalue weighted by molar-refractivity contribution is 7.19. The lowest BCUT2D eigenvalue weighted by Gasteiger charge is -2.33. The van der Waals surface area contributed by atoms with Crippen LogP contribution in [0.25, 0.3) is 10.2 Å². The van der Waals surface area contributed by atoms with Crippen molar-refractivity contribution in [1.29, 1.82) is 0 Å². The van der Waals surface area contributed by atoms with Gasteiger partial charge in [-0.2, -0.15) is 0 Å². The average molecular weight is 372 g/mol. The molecule has 25 heavy (non-hydrogen) atoms. The van der Waals surface area contributed by atoms with E-state index in [1.807, 2.05) is 18.3 Å². The average Bonchev–Trinajstić information content (AvgIpc) is 3.31. The molecular weight excluding hydrogens is 350 g/mol. The topological polar surface area (TPSA) is 53.9 Å². The van der Waals surface area contributed by atoms with Crippen molar-refractivity contribution in [2.75, 3.05) is 23.3 Å². The Balaban J connectivity index is 1.35. The van der Waals surface area contributed by atoms with Crippen molar-refractivity contribution in [3.63, 3.8) is 0 Å². The molecule has 0 amide bonds. The van der Waals surface area contributed by atoms with Crippen LogP contribution in [-0.4, -0.2) is 34.1 Å². The molecule has 0 radical (unpaired) electrons. The summed E-state index contributed by atoms with van der Waals surface area (Å²) in [6, 6.07) is 0.507. The molecule has 0 unspecified atom stereocenters. The van der Waals surface area contributed by atoms with E-state index in [0.29, 0.717) is 6.04 Å². The van der Waals surface area contributed by atoms with Gasteiger partial charge in [-0.05, 0) is 44.6 Å². The van der Waals surface area contributed by atoms with E-state index >= 15 is 0 Å². The molecule has 5 rings (SSSR count). The predicted octanol–water partition coefficient (Wildman–Crippen LogP) is 4.03. The van der Waals surface area contributed by atoms with Crippen molar-refractivity contribution >= 4 is 43.8 Å². The van der Waals surface area contributed by atoms with Gasteiger partial charge >= 0.3 is 0 Å². The Labute approximate surface area is 155 Å². The Morgan fingerprint density at radius 2 is 2.08 bits per heavy atom. The van der Waals surface area contributed by atoms with E-state index < -0.39 is 0 Å². The highest BCUT2D eigenvalue weighted by Gasteiger charge is 2.26. The van der Waals surface area contributed by atoms with Crippen molar-refractivity contribution in [1.82, 2.24) is 15.0 Å². The standard InChI is InChI=1S/C18H21N5S2/c1-11-9-24-18(21-11)22-12-5-7-23(8-6-12)16-15-13-3-2-4-14(13)25-17(15)20-10-19-16/h9-10,12H,2-8H2,1H3,(H,21,22). The Bertz CT molecular complexity index is 907. The number of aromatic nitrogens is 3. The maximum absolute atomic E-state index is 4.68. The molecule has 1 aliphatic carbocycles. The second kappa shape index (κ2) is 6.21. The van der Waals surface area contributed by atoms with E-state index in [-0.39, 0.29) is 0 Å². The molecule has 0 spiro atoms. The molecule has 1 aliphatic heterocycles. The number of hydrogen-bond donors (Lipinski definition) is 1. The van der Waals surface area contributed by atoms with Crippen LogP contribution in [0.3, 0.4) is 0 Å². The number of thiazole rings is 1. The fraction of sp³-hybridized carbons (Fsp3) is 0.500. The second-order valence-electron chi connectivity index (χ2n) is 6.93. The van der Waals surface area contributed by atoms with Gasteiger partial charge in [-0.1, -0.05) is 0 Å². The van der Waals surface area contributed by atoms with Gasteiger partial charge in [-0.25, -0.2) is 15.0 Å². The Kier molecular flexibility index (Phi) is 3.86. The second-order valence-corrected chi connectivity index (χ2v) is 8.88. The summed E-state index contributed by atoms with van der Waals surface area (Å²) in [4.78, 5) is 18.9. The van der Waals surface area contributed by atoms with Gasteiger partial charge in [0.1, 0.15) is 17.0 Å². The normalized spacial score (nSPS) is 18.0. The molecule has 7 heteroatoms. The number of fused-ring (bicyclic) bond motifs is 3. The van der Waals surface area contributed by atoms with Crippen LogP contribution in [0.4, 0.5) is 10.9 Å². The van der Waals surface area contributed by atoms with Gasteiger partial charge in [0.25, 0.3) is 0 Å². The third-order valence-corrected chi connectivity index (χ3v) is 7.31. The number of nitrogens with one attached hydrogen (secondary N) is 1. The van der Waals surface area contributed by atoms with E-state index in [1.54, 1.807) is 17.7 Å². The van der Waals surface area contributed by atoms with Crippen molar-refractivity contribution in [3.8, 4) is 0 Å². The van der Waals surface area contributed by atoms with Crippen molar-refractivity contribution in [2.45, 2.75) is 45.1 Å². The van der Waals surface area contributed by atoms with Crippen molar-refractivity contribution in [3.05, 3.63) is 27.8 Å². The van der Waals surface area contributed by atoms with Crippen LogP contribution in [0.1, 0.15) is 35.4 Å². The lowest BCUT2D eigenvalue weighted by atomic mass is 10.0. The monoisotopic (exact) mass is 371 g/mol. The van der Waals surface area contributed by atoms with E-state index in [4.69, 9.17) is 0 Å². The number of piperidine rings is 1. The zero-order valence-electron chi connectivity index (χ0n) is 14.3. The smallest absolute Gasteiger partial charge is 0.183 e. The minimum absolute atomic E-state index is 0.507. The predicted molar refractivity (Wildman–Crippen MR) is 105 cm³/mol.